The van der Waals surface area contributed by atoms with Crippen molar-refractivity contribution >= 4 is 38.5 Å². The number of thioether (sulfide) groups is 1. The summed E-state index contributed by atoms with van der Waals surface area (Å²) in [6.45, 7) is -0.553. The number of carbonyl (C=O) groups is 1. The molecule has 192 valence electrons. The highest BCUT2D eigenvalue weighted by atomic mass is 32.2. The molecule has 0 spiro atoms. The van der Waals surface area contributed by atoms with Crippen LogP contribution in [0.15, 0.2) is 85.5 Å². The van der Waals surface area contributed by atoms with Crippen LogP contribution in [0, 0.1) is 5.82 Å². The third-order valence-electron chi connectivity index (χ3n) is 6.71. The summed E-state index contributed by atoms with van der Waals surface area (Å²) in [5.74, 6) is -0.510. The molecule has 0 radical (unpaired) electrons. The van der Waals surface area contributed by atoms with Gasteiger partial charge in [-0.1, -0.05) is 30.3 Å². The van der Waals surface area contributed by atoms with E-state index in [0.717, 1.165) is 15.2 Å². The molecular weight excluding hydrogens is 525 g/mol. The van der Waals surface area contributed by atoms with Crippen LogP contribution in [0.4, 0.5) is 4.39 Å². The van der Waals surface area contributed by atoms with Crippen molar-refractivity contribution < 1.29 is 22.7 Å². The predicted molar refractivity (Wildman–Crippen MR) is 145 cm³/mol. The third-order valence-corrected chi connectivity index (χ3v) is 9.57. The summed E-state index contributed by atoms with van der Waals surface area (Å²) in [6, 6.07) is 16.7. The van der Waals surface area contributed by atoms with Gasteiger partial charge in [-0.05, 0) is 41.5 Å². The van der Waals surface area contributed by atoms with Gasteiger partial charge in [-0.15, -0.1) is 11.8 Å². The maximum Gasteiger partial charge on any atom is 0.241 e. The van der Waals surface area contributed by atoms with E-state index in [1.807, 2.05) is 24.5 Å². The van der Waals surface area contributed by atoms with Crippen molar-refractivity contribution in [1.29, 1.82) is 0 Å². The molecule has 1 N–H and O–H groups in total. The third kappa shape index (κ3) is 4.14. The van der Waals surface area contributed by atoms with E-state index in [9.17, 15) is 22.7 Å². The van der Waals surface area contributed by atoms with E-state index < -0.39 is 22.4 Å². The molecule has 0 amide bonds. The molecule has 0 fully saturated rings. The Labute approximate surface area is 222 Å². The van der Waals surface area contributed by atoms with Crippen molar-refractivity contribution in [3.05, 3.63) is 114 Å². The number of rotatable bonds is 7. The van der Waals surface area contributed by atoms with Crippen LogP contribution >= 0.6 is 11.8 Å². The van der Waals surface area contributed by atoms with Crippen molar-refractivity contribution in [2.75, 3.05) is 12.4 Å². The molecule has 0 saturated carbocycles. The number of pyridine rings is 1. The van der Waals surface area contributed by atoms with Gasteiger partial charge in [0.05, 0.1) is 17.9 Å². The number of benzene rings is 2. The van der Waals surface area contributed by atoms with Crippen LogP contribution < -0.4 is 0 Å². The van der Waals surface area contributed by atoms with Crippen molar-refractivity contribution in [3.8, 4) is 11.1 Å². The van der Waals surface area contributed by atoms with Gasteiger partial charge in [0.25, 0.3) is 0 Å². The standard InChI is InChI=1S/C28H22FN3O4S2/c29-21-6-3-18(4-7-21)19-5-8-22-24(16-32(25(22)14-19)38(35,36)13-12-33)27(34)23-9-11-31-26(23)17-37-28(31)20-2-1-10-30-15-20/h1-11,14-16,28,33H,12-13,17H2. The van der Waals surface area contributed by atoms with Gasteiger partial charge in [0.2, 0.25) is 10.0 Å². The van der Waals surface area contributed by atoms with E-state index in [-0.39, 0.29) is 22.5 Å². The van der Waals surface area contributed by atoms with E-state index in [1.54, 1.807) is 54.4 Å². The van der Waals surface area contributed by atoms with Gasteiger partial charge in [0, 0.05) is 58.3 Å². The van der Waals surface area contributed by atoms with E-state index in [0.29, 0.717) is 33.3 Å². The molecule has 38 heavy (non-hydrogen) atoms. The first-order chi connectivity index (χ1) is 18.4. The Bertz CT molecular complexity index is 1780. The second kappa shape index (κ2) is 9.54. The lowest BCUT2D eigenvalue weighted by Gasteiger charge is -2.11. The number of hydrogen-bond donors (Lipinski definition) is 1. The normalized spacial score (nSPS) is 15.2. The predicted octanol–water partition coefficient (Wildman–Crippen LogP) is 4.84. The zero-order valence-electron chi connectivity index (χ0n) is 20.0. The first kappa shape index (κ1) is 24.6. The highest BCUT2D eigenvalue weighted by Gasteiger charge is 2.31. The zero-order valence-corrected chi connectivity index (χ0v) is 21.6. The van der Waals surface area contributed by atoms with Gasteiger partial charge in [-0.3, -0.25) is 9.78 Å². The average Bonchev–Trinajstić information content (AvgIpc) is 3.63. The van der Waals surface area contributed by atoms with Crippen molar-refractivity contribution in [3.63, 3.8) is 0 Å². The number of fused-ring (bicyclic) bond motifs is 2. The molecule has 10 heteroatoms. The fraction of sp³-hybridized carbons (Fsp3) is 0.143. The summed E-state index contributed by atoms with van der Waals surface area (Å²) < 4.78 is 42.7. The van der Waals surface area contributed by atoms with Gasteiger partial charge >= 0.3 is 0 Å². The number of carbonyl (C=O) groups excluding carboxylic acids is 1. The number of aliphatic hydroxyl groups is 1. The average molecular weight is 548 g/mol. The van der Waals surface area contributed by atoms with Gasteiger partial charge in [0.1, 0.15) is 11.2 Å². The van der Waals surface area contributed by atoms with Crippen LogP contribution in [0.1, 0.15) is 32.6 Å². The topological polar surface area (TPSA) is 94.2 Å². The molecule has 0 aliphatic carbocycles. The Balaban J connectivity index is 1.46. The van der Waals surface area contributed by atoms with E-state index in [2.05, 4.69) is 9.55 Å². The number of ketones is 1. The van der Waals surface area contributed by atoms with Crippen LogP contribution in [0.3, 0.4) is 0 Å². The number of halogens is 1. The van der Waals surface area contributed by atoms with E-state index in [4.69, 9.17) is 0 Å². The van der Waals surface area contributed by atoms with Crippen molar-refractivity contribution in [1.82, 2.24) is 13.5 Å². The van der Waals surface area contributed by atoms with Crippen LogP contribution in [0.5, 0.6) is 0 Å². The molecule has 1 aliphatic rings. The molecule has 5 aromatic rings. The summed E-state index contributed by atoms with van der Waals surface area (Å²) in [5.41, 5.74) is 4.39. The Morgan fingerprint density at radius 2 is 1.87 bits per heavy atom. The molecule has 0 saturated heterocycles. The second-order valence-corrected chi connectivity index (χ2v) is 12.0. The smallest absolute Gasteiger partial charge is 0.241 e. The highest BCUT2D eigenvalue weighted by Crippen LogP contribution is 2.42. The van der Waals surface area contributed by atoms with Gasteiger partial charge < -0.3 is 9.67 Å². The number of nitrogens with zero attached hydrogens (tertiary/aromatic N) is 3. The lowest BCUT2D eigenvalue weighted by molar-refractivity contribution is 0.103. The maximum absolute atomic E-state index is 13.9. The summed E-state index contributed by atoms with van der Waals surface area (Å²) in [6.07, 6.45) is 6.76. The minimum absolute atomic E-state index is 0.00444. The minimum atomic E-state index is -3.94. The number of aromatic nitrogens is 3. The Hall–Kier alpha value is -3.73. The monoisotopic (exact) mass is 547 g/mol. The van der Waals surface area contributed by atoms with Crippen LogP contribution in [-0.2, 0) is 15.8 Å². The molecule has 6 rings (SSSR count). The van der Waals surface area contributed by atoms with Gasteiger partial charge in [-0.25, -0.2) is 16.8 Å². The Morgan fingerprint density at radius 3 is 2.61 bits per heavy atom. The van der Waals surface area contributed by atoms with Crippen LogP contribution in [0.25, 0.3) is 22.0 Å². The molecule has 1 atom stereocenters. The SMILES string of the molecule is O=C(c1ccn2c1CSC2c1cccnc1)c1cn(S(=O)(=O)CCO)c2cc(-c3ccc(F)cc3)ccc12. The van der Waals surface area contributed by atoms with Crippen molar-refractivity contribution in [2.24, 2.45) is 0 Å². The number of hydrogen-bond acceptors (Lipinski definition) is 6. The molecule has 3 aromatic heterocycles. The Kier molecular flexibility index (Phi) is 6.17. The minimum Gasteiger partial charge on any atom is -0.395 e. The fourth-order valence-corrected chi connectivity index (χ4v) is 7.32. The van der Waals surface area contributed by atoms with Crippen LogP contribution in [0.2, 0.25) is 0 Å². The molecule has 1 aliphatic heterocycles. The highest BCUT2D eigenvalue weighted by molar-refractivity contribution is 7.99. The lowest BCUT2D eigenvalue weighted by atomic mass is 10.00. The maximum atomic E-state index is 13.9. The molecule has 0 bridgehead atoms. The molecule has 2 aromatic carbocycles. The van der Waals surface area contributed by atoms with Gasteiger partial charge in [-0.2, -0.15) is 0 Å². The zero-order chi connectivity index (χ0) is 26.4. The Morgan fingerprint density at radius 1 is 1.08 bits per heavy atom. The van der Waals surface area contributed by atoms with Crippen LogP contribution in [-0.4, -0.2) is 45.2 Å². The lowest BCUT2D eigenvalue weighted by Crippen LogP contribution is -2.18. The summed E-state index contributed by atoms with van der Waals surface area (Å²) in [4.78, 5) is 18.1. The van der Waals surface area contributed by atoms with Crippen molar-refractivity contribution in [2.45, 2.75) is 11.1 Å². The van der Waals surface area contributed by atoms with E-state index in [1.165, 1.54) is 18.3 Å². The summed E-state index contributed by atoms with van der Waals surface area (Å²) >= 11 is 1.69. The molecule has 4 heterocycles. The number of aliphatic hydroxyl groups excluding tert-OH is 1. The fourth-order valence-electron chi connectivity index (χ4n) is 4.87. The molecule has 7 nitrogen and oxygen atoms in total. The summed E-state index contributed by atoms with van der Waals surface area (Å²) in [7, 11) is -3.94. The van der Waals surface area contributed by atoms with E-state index >= 15 is 0 Å². The molecule has 1 unspecified atom stereocenters. The largest absolute Gasteiger partial charge is 0.395 e. The first-order valence-electron chi connectivity index (χ1n) is 11.9. The quantitative estimate of drug-likeness (QED) is 0.293. The van der Waals surface area contributed by atoms with Gasteiger partial charge in [0.15, 0.2) is 5.78 Å². The summed E-state index contributed by atoms with van der Waals surface area (Å²) in [5, 5.41) is 9.87. The molecular formula is C28H22FN3O4S2. The second-order valence-electron chi connectivity index (χ2n) is 8.98. The first-order valence-corrected chi connectivity index (χ1v) is 14.5.